The van der Waals surface area contributed by atoms with Gasteiger partial charge in [-0.25, -0.2) is 0 Å². The number of carbonyl (C=O) groups is 2. The van der Waals surface area contributed by atoms with Crippen molar-refractivity contribution in [3.63, 3.8) is 0 Å². The van der Waals surface area contributed by atoms with Crippen molar-refractivity contribution >= 4 is 30.8 Å². The van der Waals surface area contributed by atoms with E-state index in [-0.39, 0.29) is 17.7 Å². The molecule has 0 saturated carbocycles. The Kier molecular flexibility index (Phi) is 6.68. The molecule has 1 heterocycles. The summed E-state index contributed by atoms with van der Waals surface area (Å²) in [6.45, 7) is 6.74. The molecule has 2 aromatic carbocycles. The number of H-pyrrole nitrogens is 1. The van der Waals surface area contributed by atoms with E-state index in [1.165, 1.54) is 28.1 Å². The van der Waals surface area contributed by atoms with Crippen LogP contribution < -0.4 is 21.4 Å². The zero-order valence-corrected chi connectivity index (χ0v) is 19.6. The molecule has 1 atom stereocenters. The summed E-state index contributed by atoms with van der Waals surface area (Å²) in [5.74, 6) is -0.775. The quantitative estimate of drug-likeness (QED) is 0.410. The first-order valence-electron chi connectivity index (χ1n) is 10.3. The molecule has 2 amide bonds. The van der Waals surface area contributed by atoms with Gasteiger partial charge in [0.2, 0.25) is 5.91 Å². The smallest absolute Gasteiger partial charge is 0.266 e. The zero-order valence-electron chi connectivity index (χ0n) is 18.6. The van der Waals surface area contributed by atoms with E-state index in [0.717, 1.165) is 0 Å². The number of nitrogens with zero attached hydrogens (tertiary/aromatic N) is 1. The second-order valence-electron chi connectivity index (χ2n) is 8.76. The van der Waals surface area contributed by atoms with Crippen molar-refractivity contribution in [1.82, 2.24) is 15.1 Å². The number of aryl methyl sites for hydroxylation is 1. The van der Waals surface area contributed by atoms with Gasteiger partial charge in [0.05, 0.1) is 14.5 Å². The molecule has 3 rings (SSSR count). The van der Waals surface area contributed by atoms with Gasteiger partial charge in [-0.05, 0) is 29.8 Å². The summed E-state index contributed by atoms with van der Waals surface area (Å²) in [6.07, 6.45) is -0.0805. The van der Waals surface area contributed by atoms with Crippen molar-refractivity contribution in [2.45, 2.75) is 32.1 Å². The number of aromatic nitrogens is 2. The molecule has 32 heavy (non-hydrogen) atoms. The summed E-state index contributed by atoms with van der Waals surface area (Å²) in [5, 5.41) is 19.2. The summed E-state index contributed by atoms with van der Waals surface area (Å²) in [4.78, 5) is 37.3. The van der Waals surface area contributed by atoms with Crippen LogP contribution in [0.1, 0.15) is 17.3 Å². The van der Waals surface area contributed by atoms with Crippen LogP contribution in [-0.2, 0) is 23.1 Å². The van der Waals surface area contributed by atoms with E-state index in [9.17, 15) is 19.5 Å². The van der Waals surface area contributed by atoms with Crippen molar-refractivity contribution in [2.24, 2.45) is 7.05 Å². The van der Waals surface area contributed by atoms with Crippen molar-refractivity contribution in [2.75, 3.05) is 5.32 Å². The normalized spacial score (nSPS) is 12.2. The average molecular weight is 453 g/mol. The largest absolute Gasteiger partial charge is 0.508 e. The van der Waals surface area contributed by atoms with Crippen LogP contribution in [0.15, 0.2) is 59.4 Å². The fourth-order valence-corrected chi connectivity index (χ4v) is 4.43. The third-order valence-corrected chi connectivity index (χ3v) is 7.17. The van der Waals surface area contributed by atoms with Crippen molar-refractivity contribution in [3.8, 4) is 5.75 Å². The number of hydrogen-bond donors (Lipinski definition) is 4. The molecule has 0 spiro atoms. The van der Waals surface area contributed by atoms with Gasteiger partial charge in [0.25, 0.3) is 11.5 Å². The number of rotatable bonds is 7. The number of hydrogen-bond acceptors (Lipinski definition) is 4. The maximum Gasteiger partial charge on any atom is 0.266 e. The number of carbonyl (C=O) groups excluding carboxylic acids is 2. The second kappa shape index (κ2) is 9.27. The highest BCUT2D eigenvalue weighted by Gasteiger charge is 2.24. The summed E-state index contributed by atoms with van der Waals surface area (Å²) >= 11 is 0. The van der Waals surface area contributed by atoms with Gasteiger partial charge in [-0.1, -0.05) is 49.1 Å². The molecular weight excluding hydrogens is 424 g/mol. The van der Waals surface area contributed by atoms with Gasteiger partial charge in [-0.3, -0.25) is 24.2 Å². The molecule has 0 fully saturated rings. The van der Waals surface area contributed by atoms with Crippen LogP contribution in [0, 0.1) is 0 Å². The average Bonchev–Trinajstić information content (AvgIpc) is 3.03. The molecule has 0 saturated heterocycles. The molecule has 8 nitrogen and oxygen atoms in total. The molecule has 168 valence electrons. The van der Waals surface area contributed by atoms with Gasteiger partial charge in [-0.15, -0.1) is 0 Å². The minimum Gasteiger partial charge on any atom is -0.508 e. The monoisotopic (exact) mass is 452 g/mol. The van der Waals surface area contributed by atoms with E-state index < -0.39 is 25.9 Å². The number of phenolic OH excluding ortho intramolecular Hbond substituents is 1. The third-order valence-electron chi connectivity index (χ3n) is 5.10. The first-order valence-corrected chi connectivity index (χ1v) is 13.8. The zero-order chi connectivity index (χ0) is 23.5. The minimum absolute atomic E-state index is 0.0584. The predicted molar refractivity (Wildman–Crippen MR) is 127 cm³/mol. The standard InChI is InChI=1S/C23H28N4O4Si/c1-27-21(30)14-17(26-27)13-20(29)25-22(15-5-9-18(28)10-6-15)23(31)24-16-7-11-19(12-8-16)32(2,3)4/h5-12,14,22,26,28H,13H2,1-4H3,(H,24,31)(H,25,29). The van der Waals surface area contributed by atoms with Crippen molar-refractivity contribution < 1.29 is 14.7 Å². The lowest BCUT2D eigenvalue weighted by Gasteiger charge is -2.20. The predicted octanol–water partition coefficient (Wildman–Crippen LogP) is 2.00. The van der Waals surface area contributed by atoms with Gasteiger partial charge in [0.15, 0.2) is 0 Å². The Morgan fingerprint density at radius 2 is 1.69 bits per heavy atom. The fourth-order valence-electron chi connectivity index (χ4n) is 3.26. The molecule has 1 unspecified atom stereocenters. The first kappa shape index (κ1) is 23.1. The summed E-state index contributed by atoms with van der Waals surface area (Å²) in [5.41, 5.74) is 1.35. The second-order valence-corrected chi connectivity index (χ2v) is 13.8. The maximum absolute atomic E-state index is 13.1. The summed E-state index contributed by atoms with van der Waals surface area (Å²) < 4.78 is 1.27. The molecular formula is C23H28N4O4Si. The number of aromatic amines is 1. The van der Waals surface area contributed by atoms with Gasteiger partial charge in [0.1, 0.15) is 11.8 Å². The summed E-state index contributed by atoms with van der Waals surface area (Å²) in [6, 6.07) is 14.2. The van der Waals surface area contributed by atoms with Crippen molar-refractivity contribution in [3.05, 3.63) is 76.2 Å². The van der Waals surface area contributed by atoms with Gasteiger partial charge in [-0.2, -0.15) is 0 Å². The van der Waals surface area contributed by atoms with Gasteiger partial charge >= 0.3 is 0 Å². The van der Waals surface area contributed by atoms with E-state index in [2.05, 4.69) is 35.4 Å². The van der Waals surface area contributed by atoms with E-state index in [0.29, 0.717) is 16.9 Å². The van der Waals surface area contributed by atoms with Gasteiger partial charge < -0.3 is 15.7 Å². The molecule has 0 radical (unpaired) electrons. The van der Waals surface area contributed by atoms with Crippen molar-refractivity contribution in [1.29, 1.82) is 0 Å². The van der Waals surface area contributed by atoms with E-state index in [1.54, 1.807) is 19.2 Å². The number of nitrogens with one attached hydrogen (secondary N) is 3. The van der Waals surface area contributed by atoms with E-state index in [1.807, 2.05) is 24.3 Å². The van der Waals surface area contributed by atoms with Crippen LogP contribution in [0.25, 0.3) is 0 Å². The molecule has 9 heteroatoms. The Labute approximate surface area is 187 Å². The topological polar surface area (TPSA) is 116 Å². The van der Waals surface area contributed by atoms with Crippen LogP contribution in [0.5, 0.6) is 5.75 Å². The Balaban J connectivity index is 1.78. The van der Waals surface area contributed by atoms with E-state index in [4.69, 9.17) is 0 Å². The number of phenols is 1. The van der Waals surface area contributed by atoms with Crippen LogP contribution in [-0.4, -0.2) is 34.8 Å². The Hall–Kier alpha value is -3.59. The van der Waals surface area contributed by atoms with E-state index >= 15 is 0 Å². The molecule has 0 aliphatic heterocycles. The lowest BCUT2D eigenvalue weighted by Crippen LogP contribution is -2.38. The highest BCUT2D eigenvalue weighted by atomic mass is 28.3. The Morgan fingerprint density at radius 1 is 1.06 bits per heavy atom. The number of amides is 2. The molecule has 0 aliphatic carbocycles. The Morgan fingerprint density at radius 3 is 2.22 bits per heavy atom. The number of anilines is 1. The molecule has 3 aromatic rings. The van der Waals surface area contributed by atoms with Crippen LogP contribution >= 0.6 is 0 Å². The first-order chi connectivity index (χ1) is 15.0. The number of benzene rings is 2. The van der Waals surface area contributed by atoms with Gasteiger partial charge in [0, 0.05) is 24.5 Å². The maximum atomic E-state index is 13.1. The Bertz CT molecular complexity index is 1160. The molecule has 0 aliphatic rings. The SMILES string of the molecule is Cn1[nH]c(CC(=O)NC(C(=O)Nc2ccc([Si](C)(C)C)cc2)c2ccc(O)cc2)cc1=O. The third kappa shape index (κ3) is 5.76. The minimum atomic E-state index is -1.46. The molecule has 0 bridgehead atoms. The molecule has 4 N–H and O–H groups in total. The van der Waals surface area contributed by atoms with Crippen LogP contribution in [0.4, 0.5) is 5.69 Å². The molecule has 1 aromatic heterocycles. The lowest BCUT2D eigenvalue weighted by molar-refractivity contribution is -0.126. The fraction of sp³-hybridized carbons (Fsp3) is 0.261. The number of aromatic hydroxyl groups is 1. The summed E-state index contributed by atoms with van der Waals surface area (Å²) in [7, 11) is 0.102. The lowest BCUT2D eigenvalue weighted by atomic mass is 10.1. The van der Waals surface area contributed by atoms with Crippen LogP contribution in [0.3, 0.4) is 0 Å². The highest BCUT2D eigenvalue weighted by Crippen LogP contribution is 2.19. The van der Waals surface area contributed by atoms with Crippen LogP contribution in [0.2, 0.25) is 19.6 Å². The highest BCUT2D eigenvalue weighted by molar-refractivity contribution is 6.88.